The van der Waals surface area contributed by atoms with Crippen LogP contribution in [0.15, 0.2) is 35.5 Å². The number of carbonyl (C=O) groups excluding carboxylic acids is 1. The average Bonchev–Trinajstić information content (AvgIpc) is 3.14. The molecule has 3 heterocycles. The average molecular weight is 334 g/mol. The van der Waals surface area contributed by atoms with Crippen molar-refractivity contribution in [1.82, 2.24) is 29.1 Å². The number of nitrogens with two attached hydrogens (primary N) is 1. The van der Waals surface area contributed by atoms with Gasteiger partial charge in [-0.2, -0.15) is 10.2 Å². The van der Waals surface area contributed by atoms with E-state index in [-0.39, 0.29) is 18.1 Å². The van der Waals surface area contributed by atoms with E-state index in [1.807, 2.05) is 0 Å². The topological polar surface area (TPSA) is 148 Å². The number of aromatic amines is 1. The number of rotatable bonds is 3. The van der Waals surface area contributed by atoms with Crippen LogP contribution in [0.1, 0.15) is 5.56 Å². The largest absolute Gasteiger partial charge is 0.368 e. The molecule has 0 spiro atoms. The number of imidazole rings is 2. The van der Waals surface area contributed by atoms with E-state index in [0.29, 0.717) is 22.1 Å². The second-order valence-corrected chi connectivity index (χ2v) is 5.32. The molecule has 0 atom stereocenters. The molecule has 0 unspecified atom stereocenters. The maximum Gasteiger partial charge on any atom is 0.328 e. The minimum Gasteiger partial charge on any atom is -0.368 e. The summed E-state index contributed by atoms with van der Waals surface area (Å²) in [5, 5.41) is 9.05. The first-order valence-corrected chi connectivity index (χ1v) is 7.18. The molecule has 4 rings (SSSR count). The normalized spacial score (nSPS) is 11.0. The predicted octanol–water partition coefficient (Wildman–Crippen LogP) is -0.185. The monoisotopic (exact) mass is 334 g/mol. The molecule has 122 valence electrons. The lowest BCUT2D eigenvalue weighted by molar-refractivity contribution is -0.118. The van der Waals surface area contributed by atoms with E-state index in [9.17, 15) is 9.59 Å². The van der Waals surface area contributed by atoms with Gasteiger partial charge in [0, 0.05) is 0 Å². The molecule has 0 aliphatic rings. The second-order valence-electron chi connectivity index (χ2n) is 5.32. The molecule has 3 aromatic heterocycles. The van der Waals surface area contributed by atoms with Gasteiger partial charge in [-0.1, -0.05) is 0 Å². The Morgan fingerprint density at radius 2 is 2.16 bits per heavy atom. The summed E-state index contributed by atoms with van der Waals surface area (Å²) in [5.41, 5.74) is 7.12. The zero-order valence-electron chi connectivity index (χ0n) is 12.7. The Kier molecular flexibility index (Phi) is 3.08. The summed E-state index contributed by atoms with van der Waals surface area (Å²) >= 11 is 0. The molecule has 0 radical (unpaired) electrons. The van der Waals surface area contributed by atoms with Crippen molar-refractivity contribution in [2.45, 2.75) is 6.54 Å². The van der Waals surface area contributed by atoms with Gasteiger partial charge in [-0.3, -0.25) is 18.9 Å². The highest BCUT2D eigenvalue weighted by molar-refractivity contribution is 5.80. The molecule has 3 N–H and O–H groups in total. The number of hydrogen-bond acceptors (Lipinski definition) is 6. The summed E-state index contributed by atoms with van der Waals surface area (Å²) in [5.74, 6) is -0.366. The molecule has 10 heteroatoms. The zero-order chi connectivity index (χ0) is 17.6. The number of hydrogen-bond donors (Lipinski definition) is 2. The summed E-state index contributed by atoms with van der Waals surface area (Å²) in [7, 11) is 0. The van der Waals surface area contributed by atoms with E-state index in [1.54, 1.807) is 22.8 Å². The van der Waals surface area contributed by atoms with Crippen LogP contribution in [0.25, 0.3) is 28.1 Å². The highest BCUT2D eigenvalue weighted by Gasteiger charge is 2.13. The molecule has 25 heavy (non-hydrogen) atoms. The quantitative estimate of drug-likeness (QED) is 0.530. The predicted molar refractivity (Wildman–Crippen MR) is 86.7 cm³/mol. The first-order chi connectivity index (χ1) is 12.1. The summed E-state index contributed by atoms with van der Waals surface area (Å²) in [6.45, 7) is -0.263. The van der Waals surface area contributed by atoms with Crippen molar-refractivity contribution in [1.29, 1.82) is 5.26 Å². The number of carbonyl (C=O) groups is 1. The van der Waals surface area contributed by atoms with Crippen molar-refractivity contribution in [2.24, 2.45) is 5.73 Å². The molecule has 0 fully saturated rings. The van der Waals surface area contributed by atoms with Crippen molar-refractivity contribution in [3.8, 4) is 12.0 Å². The summed E-state index contributed by atoms with van der Waals surface area (Å²) in [6.07, 6.45) is 2.96. The fourth-order valence-electron chi connectivity index (χ4n) is 2.60. The molecular formula is C15H10N8O2. The number of benzene rings is 1. The van der Waals surface area contributed by atoms with Crippen LogP contribution in [0.5, 0.6) is 0 Å². The maximum atomic E-state index is 11.9. The third-order valence-corrected chi connectivity index (χ3v) is 3.72. The van der Waals surface area contributed by atoms with Crippen molar-refractivity contribution < 1.29 is 4.79 Å². The van der Waals surface area contributed by atoms with Crippen LogP contribution in [0, 0.1) is 11.3 Å². The first-order valence-electron chi connectivity index (χ1n) is 7.18. The second kappa shape index (κ2) is 5.27. The number of amides is 1. The Morgan fingerprint density at radius 1 is 1.32 bits per heavy atom. The number of fused-ring (bicyclic) bond motifs is 2. The molecule has 4 aromatic rings. The van der Waals surface area contributed by atoms with Gasteiger partial charge in [0.15, 0.2) is 5.65 Å². The third-order valence-electron chi connectivity index (χ3n) is 3.72. The molecule has 0 bridgehead atoms. The fraction of sp³-hybridized carbons (Fsp3) is 0.0667. The van der Waals surface area contributed by atoms with Gasteiger partial charge in [0.05, 0.1) is 28.9 Å². The zero-order valence-corrected chi connectivity index (χ0v) is 12.7. The maximum absolute atomic E-state index is 11.9. The van der Waals surface area contributed by atoms with E-state index in [0.717, 1.165) is 0 Å². The number of primary amides is 1. The van der Waals surface area contributed by atoms with E-state index in [4.69, 9.17) is 11.0 Å². The smallest absolute Gasteiger partial charge is 0.328 e. The lowest BCUT2D eigenvalue weighted by atomic mass is 10.2. The molecule has 10 nitrogen and oxygen atoms in total. The highest BCUT2D eigenvalue weighted by atomic mass is 16.2. The lowest BCUT2D eigenvalue weighted by Crippen LogP contribution is -2.26. The van der Waals surface area contributed by atoms with Crippen molar-refractivity contribution in [3.63, 3.8) is 0 Å². The van der Waals surface area contributed by atoms with Crippen LogP contribution in [0.2, 0.25) is 0 Å². The van der Waals surface area contributed by atoms with Crippen LogP contribution >= 0.6 is 0 Å². The van der Waals surface area contributed by atoms with Gasteiger partial charge in [0.1, 0.15) is 18.4 Å². The highest BCUT2D eigenvalue weighted by Crippen LogP contribution is 2.18. The Balaban J connectivity index is 1.90. The summed E-state index contributed by atoms with van der Waals surface area (Å²) in [6, 6.07) is 7.15. The standard InChI is InChI=1S/C15H10N8O2/c16-4-8-1-2-9-10(3-8)23(7-19-9)14-18-5-11-13(20-14)21-15(25)22(11)6-12(17)24/h1-3,5,7H,6H2,(H2,17,24)(H,18,20,21,25). The molecule has 0 saturated heterocycles. The van der Waals surface area contributed by atoms with E-state index < -0.39 is 11.6 Å². The Morgan fingerprint density at radius 3 is 2.92 bits per heavy atom. The minimum absolute atomic E-state index is 0.263. The van der Waals surface area contributed by atoms with Gasteiger partial charge in [0.25, 0.3) is 0 Å². The van der Waals surface area contributed by atoms with Crippen LogP contribution in [0.3, 0.4) is 0 Å². The molecule has 0 aliphatic heterocycles. The van der Waals surface area contributed by atoms with E-state index in [2.05, 4.69) is 26.0 Å². The SMILES string of the molecule is N#Cc1ccc2ncn(-c3ncc4c(n3)[nH]c(=O)n4CC(N)=O)c2c1. The van der Waals surface area contributed by atoms with E-state index in [1.165, 1.54) is 17.1 Å². The fourth-order valence-corrected chi connectivity index (χ4v) is 2.60. The van der Waals surface area contributed by atoms with Gasteiger partial charge < -0.3 is 5.73 Å². The molecule has 0 aliphatic carbocycles. The number of nitrogens with one attached hydrogen (secondary N) is 1. The lowest BCUT2D eigenvalue weighted by Gasteiger charge is -2.03. The van der Waals surface area contributed by atoms with Gasteiger partial charge in [-0.25, -0.2) is 14.8 Å². The Bertz CT molecular complexity index is 1240. The van der Waals surface area contributed by atoms with Gasteiger partial charge in [-0.15, -0.1) is 0 Å². The molecule has 0 saturated carbocycles. The number of H-pyrrole nitrogens is 1. The molecule has 1 aromatic carbocycles. The van der Waals surface area contributed by atoms with Gasteiger partial charge in [-0.05, 0) is 18.2 Å². The first kappa shape index (κ1) is 14.6. The van der Waals surface area contributed by atoms with Crippen molar-refractivity contribution in [2.75, 3.05) is 0 Å². The number of aromatic nitrogens is 6. The minimum atomic E-state index is -0.642. The Hall–Kier alpha value is -4.00. The summed E-state index contributed by atoms with van der Waals surface area (Å²) < 4.78 is 2.78. The van der Waals surface area contributed by atoms with Crippen LogP contribution in [-0.2, 0) is 11.3 Å². The Labute approximate surface area is 139 Å². The number of nitriles is 1. The van der Waals surface area contributed by atoms with Crippen molar-refractivity contribution in [3.05, 3.63) is 46.8 Å². The number of nitrogens with zero attached hydrogens (tertiary/aromatic N) is 6. The third kappa shape index (κ3) is 2.31. The molecular weight excluding hydrogens is 324 g/mol. The van der Waals surface area contributed by atoms with Crippen LogP contribution in [0.4, 0.5) is 0 Å². The van der Waals surface area contributed by atoms with Crippen LogP contribution in [-0.4, -0.2) is 35.0 Å². The van der Waals surface area contributed by atoms with Gasteiger partial charge in [0.2, 0.25) is 11.9 Å². The molecule has 1 amide bonds. The van der Waals surface area contributed by atoms with Crippen LogP contribution < -0.4 is 11.4 Å². The van der Waals surface area contributed by atoms with Crippen molar-refractivity contribution >= 4 is 28.1 Å². The van der Waals surface area contributed by atoms with Gasteiger partial charge >= 0.3 is 5.69 Å². The summed E-state index contributed by atoms with van der Waals surface area (Å²) in [4.78, 5) is 38.4. The van der Waals surface area contributed by atoms with E-state index >= 15 is 0 Å².